The van der Waals surface area contributed by atoms with Gasteiger partial charge in [-0.3, -0.25) is 9.59 Å². The van der Waals surface area contributed by atoms with Crippen molar-refractivity contribution in [1.29, 1.82) is 0 Å². The summed E-state index contributed by atoms with van der Waals surface area (Å²) in [6, 6.07) is -0.546. The summed E-state index contributed by atoms with van der Waals surface area (Å²) in [5, 5.41) is 23.1. The quantitative estimate of drug-likeness (QED) is 0.0322. The number of amides is 1. The van der Waals surface area contributed by atoms with E-state index in [1.54, 1.807) is 0 Å². The van der Waals surface area contributed by atoms with Crippen LogP contribution < -0.4 is 5.32 Å². The maximum absolute atomic E-state index is 12.4. The largest absolute Gasteiger partial charge is 0.466 e. The highest BCUT2D eigenvalue weighted by atomic mass is 16.5. The van der Waals surface area contributed by atoms with Crippen LogP contribution in [0.5, 0.6) is 0 Å². The highest BCUT2D eigenvalue weighted by Gasteiger charge is 2.20. The molecule has 0 aliphatic carbocycles. The summed E-state index contributed by atoms with van der Waals surface area (Å²) in [6.07, 6.45) is 57.3. The zero-order valence-corrected chi connectivity index (χ0v) is 39.5. The molecule has 0 aliphatic rings. The molecule has 3 N–H and O–H groups in total. The van der Waals surface area contributed by atoms with E-state index in [-0.39, 0.29) is 18.5 Å². The fourth-order valence-corrected chi connectivity index (χ4v) is 7.98. The van der Waals surface area contributed by atoms with Crippen molar-refractivity contribution in [3.05, 3.63) is 24.3 Å². The van der Waals surface area contributed by atoms with Gasteiger partial charge in [0.1, 0.15) is 0 Å². The standard InChI is InChI=1S/C53H101NO5/c1-3-5-7-9-11-13-14-15-24-27-31-35-39-43-47-53(58)59-48-44-40-36-32-28-25-22-20-18-16-17-19-21-23-26-30-34-38-42-46-52(57)54-50(49-55)51(56)45-41-37-33-29-12-10-8-6-4-2/h20,22,25,28,50-51,55-56H,3-19,21,23-24,26-27,29-49H2,1-2H3,(H,54,57)/b22-20-,28-25-. The minimum Gasteiger partial charge on any atom is -0.466 e. The number of ether oxygens (including phenoxy) is 1. The predicted octanol–water partition coefficient (Wildman–Crippen LogP) is 15.5. The van der Waals surface area contributed by atoms with Crippen molar-refractivity contribution >= 4 is 11.9 Å². The summed E-state index contributed by atoms with van der Waals surface area (Å²) >= 11 is 0. The molecule has 59 heavy (non-hydrogen) atoms. The monoisotopic (exact) mass is 832 g/mol. The number of carbonyl (C=O) groups is 2. The van der Waals surface area contributed by atoms with Gasteiger partial charge < -0.3 is 20.3 Å². The molecular formula is C53H101NO5. The van der Waals surface area contributed by atoms with E-state index in [4.69, 9.17) is 4.74 Å². The van der Waals surface area contributed by atoms with Crippen molar-refractivity contribution in [3.8, 4) is 0 Å². The third-order valence-corrected chi connectivity index (χ3v) is 12.0. The number of aliphatic hydroxyl groups excluding tert-OH is 2. The Labute approximate surface area is 367 Å². The number of esters is 1. The van der Waals surface area contributed by atoms with Crippen LogP contribution in [0.25, 0.3) is 0 Å². The third-order valence-electron chi connectivity index (χ3n) is 12.0. The van der Waals surface area contributed by atoms with Crippen molar-refractivity contribution < 1.29 is 24.5 Å². The molecule has 0 aliphatic heterocycles. The molecule has 0 bridgehead atoms. The zero-order chi connectivity index (χ0) is 43.0. The van der Waals surface area contributed by atoms with E-state index in [1.807, 2.05) is 0 Å². The van der Waals surface area contributed by atoms with E-state index in [2.05, 4.69) is 43.5 Å². The van der Waals surface area contributed by atoms with Crippen molar-refractivity contribution in [2.45, 2.75) is 289 Å². The first kappa shape index (κ1) is 57.3. The highest BCUT2D eigenvalue weighted by Crippen LogP contribution is 2.16. The number of allylic oxidation sites excluding steroid dienone is 4. The normalized spacial score (nSPS) is 12.8. The van der Waals surface area contributed by atoms with Crippen molar-refractivity contribution in [1.82, 2.24) is 5.32 Å². The van der Waals surface area contributed by atoms with Crippen LogP contribution >= 0.6 is 0 Å². The van der Waals surface area contributed by atoms with E-state index in [9.17, 15) is 19.8 Å². The summed E-state index contributed by atoms with van der Waals surface area (Å²) in [4.78, 5) is 24.4. The van der Waals surface area contributed by atoms with E-state index in [1.165, 1.54) is 173 Å². The Morgan fingerprint density at radius 3 is 1.25 bits per heavy atom. The molecule has 0 rings (SSSR count). The van der Waals surface area contributed by atoms with Crippen LogP contribution in [0.2, 0.25) is 0 Å². The van der Waals surface area contributed by atoms with E-state index in [0.29, 0.717) is 25.9 Å². The van der Waals surface area contributed by atoms with Gasteiger partial charge in [0.2, 0.25) is 5.91 Å². The molecule has 0 aromatic carbocycles. The van der Waals surface area contributed by atoms with Gasteiger partial charge in [0.05, 0.1) is 25.4 Å². The molecule has 6 nitrogen and oxygen atoms in total. The Balaban J connectivity index is 3.45. The molecule has 1 amide bonds. The third kappa shape index (κ3) is 45.7. The minimum absolute atomic E-state index is 0.0115. The van der Waals surface area contributed by atoms with E-state index >= 15 is 0 Å². The molecular weight excluding hydrogens is 731 g/mol. The highest BCUT2D eigenvalue weighted by molar-refractivity contribution is 5.76. The van der Waals surface area contributed by atoms with Gasteiger partial charge in [-0.2, -0.15) is 0 Å². The molecule has 0 heterocycles. The maximum Gasteiger partial charge on any atom is 0.305 e. The van der Waals surface area contributed by atoms with Gasteiger partial charge in [0.15, 0.2) is 0 Å². The maximum atomic E-state index is 12.4. The lowest BCUT2D eigenvalue weighted by atomic mass is 10.0. The van der Waals surface area contributed by atoms with Gasteiger partial charge in [-0.15, -0.1) is 0 Å². The Bertz CT molecular complexity index is 920. The molecule has 0 saturated heterocycles. The smallest absolute Gasteiger partial charge is 0.305 e. The van der Waals surface area contributed by atoms with Gasteiger partial charge in [-0.25, -0.2) is 0 Å². The van der Waals surface area contributed by atoms with Gasteiger partial charge in [-0.05, 0) is 57.8 Å². The first-order valence-corrected chi connectivity index (χ1v) is 26.1. The van der Waals surface area contributed by atoms with Crippen LogP contribution in [-0.2, 0) is 14.3 Å². The van der Waals surface area contributed by atoms with Crippen LogP contribution in [0.3, 0.4) is 0 Å². The van der Waals surface area contributed by atoms with Crippen molar-refractivity contribution in [3.63, 3.8) is 0 Å². The SMILES string of the molecule is CCCCCCCCCCCCCCCCC(=O)OCCCCC/C=C\C=C/CCCCCCCCCCCCC(=O)NC(CO)C(O)CCCCCCCCCCC. The molecule has 6 heteroatoms. The van der Waals surface area contributed by atoms with Gasteiger partial charge in [-0.1, -0.05) is 231 Å². The number of carbonyl (C=O) groups excluding carboxylic acids is 2. The summed E-state index contributed by atoms with van der Waals surface area (Å²) in [5.41, 5.74) is 0. The van der Waals surface area contributed by atoms with Crippen molar-refractivity contribution in [2.24, 2.45) is 0 Å². The molecule has 0 aromatic rings. The molecule has 2 atom stereocenters. The molecule has 2 unspecified atom stereocenters. The van der Waals surface area contributed by atoms with Gasteiger partial charge in [0, 0.05) is 12.8 Å². The molecule has 0 saturated carbocycles. The summed E-state index contributed by atoms with van der Waals surface area (Å²) < 4.78 is 5.45. The molecule has 0 spiro atoms. The van der Waals surface area contributed by atoms with Crippen LogP contribution in [-0.4, -0.2) is 47.4 Å². The predicted molar refractivity (Wildman–Crippen MR) is 255 cm³/mol. The number of nitrogens with one attached hydrogen (secondary N) is 1. The Morgan fingerprint density at radius 1 is 0.475 bits per heavy atom. The molecule has 348 valence electrons. The Morgan fingerprint density at radius 2 is 0.831 bits per heavy atom. The van der Waals surface area contributed by atoms with Crippen LogP contribution in [0.1, 0.15) is 277 Å². The number of aliphatic hydroxyl groups is 2. The average molecular weight is 832 g/mol. The summed E-state index contributed by atoms with van der Waals surface area (Å²) in [7, 11) is 0. The number of rotatable bonds is 48. The summed E-state index contributed by atoms with van der Waals surface area (Å²) in [6.45, 7) is 4.89. The number of unbranched alkanes of at least 4 members (excludes halogenated alkanes) is 34. The van der Waals surface area contributed by atoms with Crippen LogP contribution in [0, 0.1) is 0 Å². The molecule has 0 radical (unpaired) electrons. The average Bonchev–Trinajstić information content (AvgIpc) is 3.24. The van der Waals surface area contributed by atoms with Crippen LogP contribution in [0.4, 0.5) is 0 Å². The Hall–Kier alpha value is -1.66. The van der Waals surface area contributed by atoms with Crippen LogP contribution in [0.15, 0.2) is 24.3 Å². The topological polar surface area (TPSA) is 95.9 Å². The van der Waals surface area contributed by atoms with Crippen molar-refractivity contribution in [2.75, 3.05) is 13.2 Å². The van der Waals surface area contributed by atoms with E-state index < -0.39 is 12.1 Å². The lowest BCUT2D eigenvalue weighted by Gasteiger charge is -2.22. The molecule has 0 fully saturated rings. The minimum atomic E-state index is -0.668. The second-order valence-corrected chi connectivity index (χ2v) is 17.9. The lowest BCUT2D eigenvalue weighted by Crippen LogP contribution is -2.45. The van der Waals surface area contributed by atoms with Gasteiger partial charge in [0.25, 0.3) is 0 Å². The first-order chi connectivity index (χ1) is 29.0. The second kappa shape index (κ2) is 49.0. The second-order valence-electron chi connectivity index (χ2n) is 17.9. The Kier molecular flexibility index (Phi) is 47.6. The van der Waals surface area contributed by atoms with Gasteiger partial charge >= 0.3 is 5.97 Å². The molecule has 0 aromatic heterocycles. The number of hydrogen-bond acceptors (Lipinski definition) is 5. The number of hydrogen-bond donors (Lipinski definition) is 3. The van der Waals surface area contributed by atoms with E-state index in [0.717, 1.165) is 70.6 Å². The fourth-order valence-electron chi connectivity index (χ4n) is 7.98. The summed E-state index contributed by atoms with van der Waals surface area (Å²) in [5.74, 6) is -0.0590. The fraction of sp³-hybridized carbons (Fsp3) is 0.887. The first-order valence-electron chi connectivity index (χ1n) is 26.1. The zero-order valence-electron chi connectivity index (χ0n) is 39.5. The lowest BCUT2D eigenvalue weighted by molar-refractivity contribution is -0.143.